The standard InChI is InChI=1S/C37H32ClN3O4S2/c1-22(2)25-11-13-26(14-12-25)32-31(33(42)27-15-17-29(18-16-27)45-20-24-8-6-7-23(3)19-24)34(43)35(44)41(32)36-39-40-37(47-36)46-21-28-9-4-5-10-30(28)38/h4-19,22,32,42H,20-21H2,1-3H3/b33-31+. The van der Waals surface area contributed by atoms with Crippen LogP contribution in [0.1, 0.15) is 59.2 Å². The van der Waals surface area contributed by atoms with E-state index in [9.17, 15) is 14.7 Å². The number of ether oxygens (including phenoxy) is 1. The monoisotopic (exact) mass is 681 g/mol. The normalized spacial score (nSPS) is 15.9. The molecule has 0 saturated carbocycles. The van der Waals surface area contributed by atoms with Crippen molar-refractivity contribution in [2.75, 3.05) is 4.90 Å². The number of thioether (sulfide) groups is 1. The number of halogens is 1. The van der Waals surface area contributed by atoms with Gasteiger partial charge in [-0.3, -0.25) is 14.5 Å². The summed E-state index contributed by atoms with van der Waals surface area (Å²) in [6.07, 6.45) is 0. The number of hydrogen-bond donors (Lipinski definition) is 1. The first-order chi connectivity index (χ1) is 22.7. The summed E-state index contributed by atoms with van der Waals surface area (Å²) in [5.74, 6) is -0.366. The molecule has 1 aliphatic heterocycles. The van der Waals surface area contributed by atoms with Crippen molar-refractivity contribution in [2.24, 2.45) is 0 Å². The number of hydrogen-bond acceptors (Lipinski definition) is 8. The Morgan fingerprint density at radius 2 is 1.72 bits per heavy atom. The van der Waals surface area contributed by atoms with Crippen LogP contribution in [-0.2, 0) is 21.9 Å². The van der Waals surface area contributed by atoms with Gasteiger partial charge in [0.25, 0.3) is 5.78 Å². The summed E-state index contributed by atoms with van der Waals surface area (Å²) in [7, 11) is 0. The average molecular weight is 682 g/mol. The van der Waals surface area contributed by atoms with Gasteiger partial charge in [-0.25, -0.2) is 0 Å². The molecule has 5 aromatic rings. The Morgan fingerprint density at radius 1 is 0.979 bits per heavy atom. The Morgan fingerprint density at radius 3 is 2.43 bits per heavy atom. The number of aliphatic hydroxyl groups is 1. The lowest BCUT2D eigenvalue weighted by molar-refractivity contribution is -0.132. The number of benzene rings is 4. The van der Waals surface area contributed by atoms with Gasteiger partial charge in [0.15, 0.2) is 4.34 Å². The predicted octanol–water partition coefficient (Wildman–Crippen LogP) is 9.12. The maximum absolute atomic E-state index is 13.7. The average Bonchev–Trinajstić information content (AvgIpc) is 3.65. The molecule has 1 amide bonds. The third-order valence-corrected chi connectivity index (χ3v) is 10.4. The van der Waals surface area contributed by atoms with E-state index in [4.69, 9.17) is 16.3 Å². The third kappa shape index (κ3) is 7.12. The second kappa shape index (κ2) is 14.1. The number of carbonyl (C=O) groups excluding carboxylic acids is 2. The first kappa shape index (κ1) is 32.5. The number of aromatic nitrogens is 2. The van der Waals surface area contributed by atoms with Crippen LogP contribution in [0.25, 0.3) is 5.76 Å². The van der Waals surface area contributed by atoms with E-state index in [0.717, 1.165) is 22.3 Å². The van der Waals surface area contributed by atoms with E-state index in [1.54, 1.807) is 24.3 Å². The zero-order valence-electron chi connectivity index (χ0n) is 26.0. The number of aliphatic hydroxyl groups excluding tert-OH is 1. The van der Waals surface area contributed by atoms with Crippen molar-refractivity contribution in [1.82, 2.24) is 10.2 Å². The van der Waals surface area contributed by atoms with E-state index < -0.39 is 17.7 Å². The Bertz CT molecular complexity index is 1960. The third-order valence-electron chi connectivity index (χ3n) is 7.89. The molecule has 1 saturated heterocycles. The van der Waals surface area contributed by atoms with Crippen LogP contribution in [0.3, 0.4) is 0 Å². The minimum absolute atomic E-state index is 0.0128. The Hall–Kier alpha value is -4.44. The molecule has 0 radical (unpaired) electrons. The van der Waals surface area contributed by atoms with Gasteiger partial charge in [0.05, 0.1) is 11.6 Å². The topological polar surface area (TPSA) is 92.6 Å². The highest BCUT2D eigenvalue weighted by atomic mass is 35.5. The molecule has 0 aliphatic carbocycles. The molecule has 1 aromatic heterocycles. The van der Waals surface area contributed by atoms with Crippen molar-refractivity contribution < 1.29 is 19.4 Å². The summed E-state index contributed by atoms with van der Waals surface area (Å²) in [6.45, 7) is 6.61. The van der Waals surface area contributed by atoms with Crippen LogP contribution in [0.2, 0.25) is 5.02 Å². The SMILES string of the molecule is Cc1cccc(COc2ccc(/C(O)=C3\C(=O)C(=O)N(c4nnc(SCc5ccccc5Cl)s4)C3c3ccc(C(C)C)cc3)cc2)c1. The summed E-state index contributed by atoms with van der Waals surface area (Å²) >= 11 is 8.99. The number of Topliss-reactive ketones (excluding diaryl/α,β-unsaturated/α-hetero) is 1. The number of aryl methyl sites for hydroxylation is 1. The van der Waals surface area contributed by atoms with E-state index in [1.807, 2.05) is 73.7 Å². The number of rotatable bonds is 10. The van der Waals surface area contributed by atoms with Gasteiger partial charge in [-0.1, -0.05) is 121 Å². The predicted molar refractivity (Wildman–Crippen MR) is 188 cm³/mol. The fourth-order valence-electron chi connectivity index (χ4n) is 5.35. The molecule has 1 N–H and O–H groups in total. The van der Waals surface area contributed by atoms with E-state index in [2.05, 4.69) is 30.1 Å². The quantitative estimate of drug-likeness (QED) is 0.0517. The van der Waals surface area contributed by atoms with Gasteiger partial charge in [0.2, 0.25) is 5.13 Å². The zero-order valence-corrected chi connectivity index (χ0v) is 28.4. The minimum atomic E-state index is -0.900. The van der Waals surface area contributed by atoms with Crippen molar-refractivity contribution in [3.8, 4) is 5.75 Å². The number of nitrogens with zero attached hydrogens (tertiary/aromatic N) is 3. The van der Waals surface area contributed by atoms with Crippen LogP contribution in [-0.4, -0.2) is 27.0 Å². The molecular weight excluding hydrogens is 650 g/mol. The van der Waals surface area contributed by atoms with E-state index in [-0.39, 0.29) is 16.5 Å². The van der Waals surface area contributed by atoms with Crippen molar-refractivity contribution in [3.05, 3.63) is 141 Å². The van der Waals surface area contributed by atoms with Gasteiger partial charge in [0, 0.05) is 16.3 Å². The van der Waals surface area contributed by atoms with Crippen molar-refractivity contribution in [1.29, 1.82) is 0 Å². The fraction of sp³-hybridized carbons (Fsp3) is 0.189. The van der Waals surface area contributed by atoms with Crippen LogP contribution >= 0.6 is 34.7 Å². The summed E-state index contributed by atoms with van der Waals surface area (Å²) < 4.78 is 6.57. The summed E-state index contributed by atoms with van der Waals surface area (Å²) in [4.78, 5) is 28.7. The molecule has 1 fully saturated rings. The largest absolute Gasteiger partial charge is 0.507 e. The highest BCUT2D eigenvalue weighted by Gasteiger charge is 2.48. The highest BCUT2D eigenvalue weighted by molar-refractivity contribution is 8.00. The molecule has 4 aromatic carbocycles. The van der Waals surface area contributed by atoms with Crippen molar-refractivity contribution in [2.45, 2.75) is 49.4 Å². The second-order valence-electron chi connectivity index (χ2n) is 11.5. The van der Waals surface area contributed by atoms with Crippen LogP contribution in [0, 0.1) is 6.92 Å². The molecule has 47 heavy (non-hydrogen) atoms. The van der Waals surface area contributed by atoms with Crippen molar-refractivity contribution >= 4 is 57.3 Å². The van der Waals surface area contributed by atoms with Gasteiger partial charge >= 0.3 is 5.91 Å². The van der Waals surface area contributed by atoms with E-state index in [1.165, 1.54) is 28.0 Å². The molecule has 2 heterocycles. The maximum atomic E-state index is 13.7. The van der Waals surface area contributed by atoms with E-state index in [0.29, 0.717) is 44.5 Å². The molecule has 0 spiro atoms. The molecule has 10 heteroatoms. The van der Waals surface area contributed by atoms with Gasteiger partial charge in [-0.2, -0.15) is 0 Å². The molecule has 6 rings (SSSR count). The first-order valence-electron chi connectivity index (χ1n) is 15.1. The molecule has 238 valence electrons. The number of carbonyl (C=O) groups is 2. The minimum Gasteiger partial charge on any atom is -0.507 e. The summed E-state index contributed by atoms with van der Waals surface area (Å²) in [5, 5.41) is 21.2. The van der Waals surface area contributed by atoms with Gasteiger partial charge < -0.3 is 9.84 Å². The number of ketones is 1. The number of anilines is 1. The summed E-state index contributed by atoms with van der Waals surface area (Å²) in [5.41, 5.74) is 5.31. The molecule has 0 bridgehead atoms. The van der Waals surface area contributed by atoms with E-state index >= 15 is 0 Å². The molecular formula is C37H32ClN3O4S2. The lowest BCUT2D eigenvalue weighted by Crippen LogP contribution is -2.29. The number of amides is 1. The highest BCUT2D eigenvalue weighted by Crippen LogP contribution is 2.44. The Kier molecular flexibility index (Phi) is 9.77. The Labute approximate surface area is 286 Å². The zero-order chi connectivity index (χ0) is 33.1. The first-order valence-corrected chi connectivity index (χ1v) is 17.3. The summed E-state index contributed by atoms with van der Waals surface area (Å²) in [6, 6.07) is 29.3. The molecule has 7 nitrogen and oxygen atoms in total. The van der Waals surface area contributed by atoms with Gasteiger partial charge in [-0.15, -0.1) is 10.2 Å². The molecule has 1 atom stereocenters. The van der Waals surface area contributed by atoms with Crippen LogP contribution < -0.4 is 9.64 Å². The fourth-order valence-corrected chi connectivity index (χ4v) is 7.51. The smallest absolute Gasteiger partial charge is 0.301 e. The second-order valence-corrected chi connectivity index (χ2v) is 14.1. The van der Waals surface area contributed by atoms with Crippen LogP contribution in [0.15, 0.2) is 107 Å². The van der Waals surface area contributed by atoms with Gasteiger partial charge in [0.1, 0.15) is 18.1 Å². The maximum Gasteiger partial charge on any atom is 0.301 e. The Balaban J connectivity index is 1.31. The lowest BCUT2D eigenvalue weighted by atomic mass is 9.93. The van der Waals surface area contributed by atoms with Crippen LogP contribution in [0.4, 0.5) is 5.13 Å². The molecule has 1 aliphatic rings. The van der Waals surface area contributed by atoms with Crippen molar-refractivity contribution in [3.63, 3.8) is 0 Å². The van der Waals surface area contributed by atoms with Crippen LogP contribution in [0.5, 0.6) is 5.75 Å². The van der Waals surface area contributed by atoms with Gasteiger partial charge in [-0.05, 0) is 65.4 Å². The lowest BCUT2D eigenvalue weighted by Gasteiger charge is -2.23. The molecule has 1 unspecified atom stereocenters.